The first-order valence-corrected chi connectivity index (χ1v) is 6.90. The molecule has 5 heteroatoms. The molecule has 2 aromatic rings. The first kappa shape index (κ1) is 10.6. The summed E-state index contributed by atoms with van der Waals surface area (Å²) in [6.07, 6.45) is 4.89. The number of carbonyl (C=O) groups is 1. The molecule has 4 nitrogen and oxygen atoms in total. The highest BCUT2D eigenvalue weighted by Gasteiger charge is 2.19. The van der Waals surface area contributed by atoms with Crippen molar-refractivity contribution in [1.82, 2.24) is 0 Å². The van der Waals surface area contributed by atoms with Crippen LogP contribution in [0.3, 0.4) is 0 Å². The van der Waals surface area contributed by atoms with Gasteiger partial charge in [-0.1, -0.05) is 24.3 Å². The number of nitrogens with zero attached hydrogens (tertiary/aromatic N) is 1. The minimum Gasteiger partial charge on any atom is -0.290 e. The zero-order valence-corrected chi connectivity index (χ0v) is 10.5. The summed E-state index contributed by atoms with van der Waals surface area (Å²) in [5.74, 6) is -0.0714. The molecule has 0 amide bonds. The van der Waals surface area contributed by atoms with Crippen LogP contribution in [-0.4, -0.2) is 9.99 Å². The first-order valence-electron chi connectivity index (χ1n) is 5.80. The zero-order chi connectivity index (χ0) is 13.0. The van der Waals surface area contributed by atoms with Crippen LogP contribution in [0.2, 0.25) is 0 Å². The van der Waals surface area contributed by atoms with Gasteiger partial charge in [0.1, 0.15) is 5.36 Å². The Morgan fingerprint density at radius 3 is 2.74 bits per heavy atom. The number of allylic oxidation sites excluding steroid dienone is 1. The molecule has 1 aliphatic heterocycles. The predicted octanol–water partition coefficient (Wildman–Crippen LogP) is 0.840. The Labute approximate surface area is 110 Å². The summed E-state index contributed by atoms with van der Waals surface area (Å²) in [5, 5.41) is 3.36. The molecule has 1 heterocycles. The Balaban J connectivity index is 2.35. The molecule has 92 valence electrons. The number of benzene rings is 2. The van der Waals surface area contributed by atoms with Crippen LogP contribution in [0.4, 0.5) is 5.69 Å². The lowest BCUT2D eigenvalue weighted by molar-refractivity contribution is -0.109. The molecule has 1 unspecified atom stereocenters. The number of rotatable bonds is 0. The fraction of sp³-hybridized carbons (Fsp3) is 0. The maximum atomic E-state index is 11.6. The monoisotopic (exact) mass is 268 g/mol. The fourth-order valence-electron chi connectivity index (χ4n) is 2.54. The Morgan fingerprint density at radius 2 is 1.89 bits per heavy atom. The minimum absolute atomic E-state index is 0.0714. The molecule has 0 radical (unpaired) electrons. The molecular weight excluding hydrogens is 260 g/mol. The molecule has 1 N–H and O–H groups in total. The van der Waals surface area contributed by atoms with Crippen LogP contribution in [0, 0.1) is 0 Å². The molecule has 1 atom stereocenters. The second kappa shape index (κ2) is 3.61. The van der Waals surface area contributed by atoms with Gasteiger partial charge in [0.05, 0.1) is 5.69 Å². The number of nitrogens with one attached hydrogen (secondary N) is 1. The van der Waals surface area contributed by atoms with Crippen LogP contribution in [0.25, 0.3) is 22.9 Å². The number of ketones is 1. The van der Waals surface area contributed by atoms with E-state index in [9.17, 15) is 9.00 Å². The van der Waals surface area contributed by atoms with Crippen molar-refractivity contribution in [2.75, 3.05) is 4.72 Å². The quantitative estimate of drug-likeness (QED) is 0.769. The number of carbonyl (C=O) groups excluding carboxylic acids is 1. The highest BCUT2D eigenvalue weighted by Crippen LogP contribution is 2.25. The Bertz CT molecular complexity index is 929. The zero-order valence-electron chi connectivity index (χ0n) is 9.71. The van der Waals surface area contributed by atoms with Crippen LogP contribution >= 0.6 is 0 Å². The van der Waals surface area contributed by atoms with Gasteiger partial charge in [0.25, 0.3) is 0 Å². The normalized spacial score (nSPS) is 19.4. The lowest BCUT2D eigenvalue weighted by Crippen LogP contribution is -2.30. The van der Waals surface area contributed by atoms with E-state index in [1.807, 2.05) is 24.3 Å². The topological polar surface area (TPSA) is 58.5 Å². The summed E-state index contributed by atoms with van der Waals surface area (Å²) >= 11 is -1.47. The third-order valence-corrected chi connectivity index (χ3v) is 4.06. The summed E-state index contributed by atoms with van der Waals surface area (Å²) in [7, 11) is 0. The minimum atomic E-state index is -1.47. The maximum absolute atomic E-state index is 11.6. The number of hydrogen-bond acceptors (Lipinski definition) is 2. The van der Waals surface area contributed by atoms with Gasteiger partial charge in [0.15, 0.2) is 5.78 Å². The molecule has 2 aromatic carbocycles. The molecule has 0 fully saturated rings. The molecule has 0 saturated heterocycles. The summed E-state index contributed by atoms with van der Waals surface area (Å²) in [5.41, 5.74) is 1.70. The number of fused-ring (bicyclic) bond motifs is 6. The SMILES string of the molecule is O=C1C=Cc2c(c3c(c4ccccc24)NS(=O)N=3)=C1. The van der Waals surface area contributed by atoms with Gasteiger partial charge in [-0.3, -0.25) is 9.52 Å². The van der Waals surface area contributed by atoms with Crippen molar-refractivity contribution in [3.05, 3.63) is 46.5 Å². The molecular formula is C14H8N2O2S. The molecule has 2 aliphatic rings. The van der Waals surface area contributed by atoms with Gasteiger partial charge in [-0.2, -0.15) is 4.40 Å². The van der Waals surface area contributed by atoms with E-state index in [2.05, 4.69) is 9.12 Å². The van der Waals surface area contributed by atoms with Crippen LogP contribution < -0.4 is 15.3 Å². The van der Waals surface area contributed by atoms with Gasteiger partial charge >= 0.3 is 0 Å². The lowest BCUT2D eigenvalue weighted by atomic mass is 9.96. The van der Waals surface area contributed by atoms with E-state index in [1.165, 1.54) is 0 Å². The predicted molar refractivity (Wildman–Crippen MR) is 75.0 cm³/mol. The molecule has 1 aliphatic carbocycles. The average molecular weight is 268 g/mol. The van der Waals surface area contributed by atoms with Crippen LogP contribution in [0.1, 0.15) is 5.56 Å². The summed E-state index contributed by atoms with van der Waals surface area (Å²) in [6.45, 7) is 0. The molecule has 4 rings (SSSR count). The van der Waals surface area contributed by atoms with E-state index >= 15 is 0 Å². The van der Waals surface area contributed by atoms with Crippen molar-refractivity contribution < 1.29 is 9.00 Å². The second-order valence-corrected chi connectivity index (χ2v) is 5.30. The molecule has 0 spiro atoms. The Kier molecular flexibility index (Phi) is 2.02. The van der Waals surface area contributed by atoms with Gasteiger partial charge in [-0.25, -0.2) is 4.21 Å². The first-order chi connectivity index (χ1) is 9.24. The van der Waals surface area contributed by atoms with Crippen LogP contribution in [0.15, 0.2) is 34.7 Å². The van der Waals surface area contributed by atoms with Gasteiger partial charge in [-0.05, 0) is 29.2 Å². The van der Waals surface area contributed by atoms with Crippen molar-refractivity contribution in [2.45, 2.75) is 0 Å². The van der Waals surface area contributed by atoms with Gasteiger partial charge < -0.3 is 0 Å². The van der Waals surface area contributed by atoms with Gasteiger partial charge in [-0.15, -0.1) is 0 Å². The Hall–Kier alpha value is -2.27. The van der Waals surface area contributed by atoms with Crippen molar-refractivity contribution in [3.63, 3.8) is 0 Å². The van der Waals surface area contributed by atoms with E-state index in [4.69, 9.17) is 0 Å². The van der Waals surface area contributed by atoms with Gasteiger partial charge in [0, 0.05) is 10.6 Å². The summed E-state index contributed by atoms with van der Waals surface area (Å²) < 4.78 is 18.6. The highest BCUT2D eigenvalue weighted by molar-refractivity contribution is 7.85. The molecule has 19 heavy (non-hydrogen) atoms. The van der Waals surface area contributed by atoms with Crippen molar-refractivity contribution in [1.29, 1.82) is 0 Å². The van der Waals surface area contributed by atoms with Crippen LogP contribution in [0.5, 0.6) is 0 Å². The van der Waals surface area contributed by atoms with Crippen molar-refractivity contribution in [3.8, 4) is 0 Å². The average Bonchev–Trinajstić information content (AvgIpc) is 2.81. The number of anilines is 1. The molecule has 0 aromatic heterocycles. The van der Waals surface area contributed by atoms with E-state index in [0.717, 1.165) is 27.2 Å². The molecule has 0 saturated carbocycles. The van der Waals surface area contributed by atoms with Gasteiger partial charge in [0.2, 0.25) is 11.2 Å². The summed E-state index contributed by atoms with van der Waals surface area (Å²) in [6, 6.07) is 7.83. The Morgan fingerprint density at radius 1 is 1.11 bits per heavy atom. The second-order valence-electron chi connectivity index (χ2n) is 4.42. The van der Waals surface area contributed by atoms with E-state index in [0.29, 0.717) is 5.36 Å². The van der Waals surface area contributed by atoms with E-state index in [1.54, 1.807) is 18.2 Å². The summed E-state index contributed by atoms with van der Waals surface area (Å²) in [4.78, 5) is 11.6. The van der Waals surface area contributed by atoms with E-state index in [-0.39, 0.29) is 5.78 Å². The van der Waals surface area contributed by atoms with E-state index < -0.39 is 11.2 Å². The fourth-order valence-corrected chi connectivity index (χ4v) is 3.33. The van der Waals surface area contributed by atoms with Crippen LogP contribution in [-0.2, 0) is 16.0 Å². The lowest BCUT2D eigenvalue weighted by Gasteiger charge is -2.09. The number of hydrogen-bond donors (Lipinski definition) is 1. The maximum Gasteiger partial charge on any atom is 0.243 e. The molecule has 0 bridgehead atoms. The smallest absolute Gasteiger partial charge is 0.243 e. The third-order valence-electron chi connectivity index (χ3n) is 3.33. The largest absolute Gasteiger partial charge is 0.290 e. The standard InChI is InChI=1S/C14H8N2O2S/c17-8-5-6-10-9-3-1-2-4-11(9)13-14(12(10)7-8)16-19(18)15-13/h1-7,15H. The van der Waals surface area contributed by atoms with Crippen molar-refractivity contribution >= 4 is 45.6 Å². The van der Waals surface area contributed by atoms with Crippen molar-refractivity contribution in [2.24, 2.45) is 4.40 Å². The third kappa shape index (κ3) is 1.42. The highest BCUT2D eigenvalue weighted by atomic mass is 32.2.